The Balaban J connectivity index is 2.03. The van der Waals surface area contributed by atoms with E-state index in [1.807, 2.05) is 47.7 Å². The normalized spacial score (nSPS) is 12.7. The molecule has 0 aliphatic heterocycles. The lowest BCUT2D eigenvalue weighted by atomic mass is 10.2. The van der Waals surface area contributed by atoms with Gasteiger partial charge in [0.25, 0.3) is 0 Å². The van der Waals surface area contributed by atoms with Gasteiger partial charge in [0.15, 0.2) is 10.8 Å². The van der Waals surface area contributed by atoms with E-state index in [0.717, 1.165) is 16.6 Å². The van der Waals surface area contributed by atoms with Crippen LogP contribution in [0.3, 0.4) is 0 Å². The summed E-state index contributed by atoms with van der Waals surface area (Å²) in [5.74, 6) is -0.237. The van der Waals surface area contributed by atoms with Crippen LogP contribution >= 0.6 is 11.8 Å². The standard InChI is InChI=1S/C15H15N3O2S/c1-3-20-14(19)10(2)21-15-17-16-13-9-8-11-6-4-5-7-12(11)18(13)15/h4-10H,3H2,1-2H3/t10-/m1/s1. The maximum absolute atomic E-state index is 11.8. The number of ether oxygens (including phenoxy) is 1. The highest BCUT2D eigenvalue weighted by Crippen LogP contribution is 2.26. The van der Waals surface area contributed by atoms with E-state index in [4.69, 9.17) is 4.74 Å². The number of pyridine rings is 1. The van der Waals surface area contributed by atoms with Crippen molar-refractivity contribution < 1.29 is 9.53 Å². The number of thioether (sulfide) groups is 1. The minimum absolute atomic E-state index is 0.237. The summed E-state index contributed by atoms with van der Waals surface area (Å²) < 4.78 is 7.00. The van der Waals surface area contributed by atoms with Crippen molar-refractivity contribution in [1.82, 2.24) is 14.6 Å². The fourth-order valence-electron chi connectivity index (χ4n) is 2.15. The summed E-state index contributed by atoms with van der Waals surface area (Å²) in [4.78, 5) is 11.8. The minimum Gasteiger partial charge on any atom is -0.465 e. The smallest absolute Gasteiger partial charge is 0.319 e. The molecule has 0 bridgehead atoms. The highest BCUT2D eigenvalue weighted by molar-refractivity contribution is 8.00. The number of nitrogens with zero attached hydrogens (tertiary/aromatic N) is 3. The van der Waals surface area contributed by atoms with Gasteiger partial charge < -0.3 is 4.74 Å². The number of esters is 1. The third-order valence-electron chi connectivity index (χ3n) is 3.15. The largest absolute Gasteiger partial charge is 0.465 e. The predicted molar refractivity (Wildman–Crippen MR) is 82.4 cm³/mol. The lowest BCUT2D eigenvalue weighted by Crippen LogP contribution is -2.17. The molecule has 3 aromatic rings. The summed E-state index contributed by atoms with van der Waals surface area (Å²) in [6.07, 6.45) is 0. The van der Waals surface area contributed by atoms with Gasteiger partial charge >= 0.3 is 5.97 Å². The molecule has 0 N–H and O–H groups in total. The molecule has 1 atom stereocenters. The molecule has 108 valence electrons. The van der Waals surface area contributed by atoms with Crippen molar-refractivity contribution in [2.24, 2.45) is 0 Å². The number of fused-ring (bicyclic) bond motifs is 3. The van der Waals surface area contributed by atoms with E-state index in [2.05, 4.69) is 10.2 Å². The minimum atomic E-state index is -0.323. The SMILES string of the molecule is CCOC(=O)[C@@H](C)Sc1nnc2ccc3ccccc3n12. The zero-order chi connectivity index (χ0) is 14.8. The fourth-order valence-corrected chi connectivity index (χ4v) is 3.02. The fraction of sp³-hybridized carbons (Fsp3) is 0.267. The summed E-state index contributed by atoms with van der Waals surface area (Å²) in [7, 11) is 0. The highest BCUT2D eigenvalue weighted by Gasteiger charge is 2.19. The van der Waals surface area contributed by atoms with Crippen molar-refractivity contribution >= 4 is 34.3 Å². The number of aromatic nitrogens is 3. The molecule has 0 aliphatic carbocycles. The van der Waals surface area contributed by atoms with Crippen LogP contribution < -0.4 is 0 Å². The van der Waals surface area contributed by atoms with Crippen LogP contribution in [0.4, 0.5) is 0 Å². The molecular weight excluding hydrogens is 286 g/mol. The molecule has 5 nitrogen and oxygen atoms in total. The summed E-state index contributed by atoms with van der Waals surface area (Å²) in [6.45, 7) is 4.00. The quantitative estimate of drug-likeness (QED) is 0.548. The average Bonchev–Trinajstić information content (AvgIpc) is 2.91. The number of hydrogen-bond donors (Lipinski definition) is 0. The van der Waals surface area contributed by atoms with Gasteiger partial charge in [0.2, 0.25) is 0 Å². The van der Waals surface area contributed by atoms with Crippen LogP contribution in [-0.2, 0) is 9.53 Å². The predicted octanol–water partition coefficient (Wildman–Crippen LogP) is 2.93. The summed E-state index contributed by atoms with van der Waals surface area (Å²) in [6, 6.07) is 12.0. The van der Waals surface area contributed by atoms with Crippen LogP contribution in [0.2, 0.25) is 0 Å². The second-order valence-electron chi connectivity index (χ2n) is 4.58. The molecule has 0 unspecified atom stereocenters. The molecule has 1 aromatic carbocycles. The Morgan fingerprint density at radius 1 is 1.29 bits per heavy atom. The zero-order valence-electron chi connectivity index (χ0n) is 11.8. The first-order valence-corrected chi connectivity index (χ1v) is 7.65. The number of rotatable bonds is 4. The van der Waals surface area contributed by atoms with Gasteiger partial charge in [-0.15, -0.1) is 10.2 Å². The summed E-state index contributed by atoms with van der Waals surface area (Å²) >= 11 is 1.36. The average molecular weight is 301 g/mol. The molecule has 21 heavy (non-hydrogen) atoms. The van der Waals surface area contributed by atoms with Crippen molar-refractivity contribution in [1.29, 1.82) is 0 Å². The number of para-hydroxylation sites is 1. The van der Waals surface area contributed by atoms with Gasteiger partial charge in [0.1, 0.15) is 5.25 Å². The van der Waals surface area contributed by atoms with Crippen LogP contribution in [-0.4, -0.2) is 32.4 Å². The Labute approximate surface area is 126 Å². The molecular formula is C15H15N3O2S. The number of benzene rings is 1. The number of carbonyl (C=O) groups is 1. The van der Waals surface area contributed by atoms with E-state index in [9.17, 15) is 4.79 Å². The monoisotopic (exact) mass is 301 g/mol. The van der Waals surface area contributed by atoms with Crippen LogP contribution in [0, 0.1) is 0 Å². The number of hydrogen-bond acceptors (Lipinski definition) is 5. The molecule has 0 aliphatic rings. The Bertz CT molecular complexity index is 800. The van der Waals surface area contributed by atoms with Crippen LogP contribution in [0.1, 0.15) is 13.8 Å². The molecule has 0 spiro atoms. The summed E-state index contributed by atoms with van der Waals surface area (Å²) in [5.41, 5.74) is 1.80. The van der Waals surface area contributed by atoms with Gasteiger partial charge in [0.05, 0.1) is 12.1 Å². The summed E-state index contributed by atoms with van der Waals surface area (Å²) in [5, 5.41) is 9.84. The first kappa shape index (κ1) is 13.9. The lowest BCUT2D eigenvalue weighted by Gasteiger charge is -2.09. The highest BCUT2D eigenvalue weighted by atomic mass is 32.2. The topological polar surface area (TPSA) is 56.5 Å². The van der Waals surface area contributed by atoms with Crippen molar-refractivity contribution in [2.45, 2.75) is 24.3 Å². The molecule has 3 rings (SSSR count). The second-order valence-corrected chi connectivity index (χ2v) is 5.89. The molecule has 6 heteroatoms. The van der Waals surface area contributed by atoms with E-state index in [1.54, 1.807) is 6.92 Å². The van der Waals surface area contributed by atoms with E-state index >= 15 is 0 Å². The molecule has 0 saturated carbocycles. The molecule has 0 radical (unpaired) electrons. The van der Waals surface area contributed by atoms with Crippen molar-refractivity contribution in [3.8, 4) is 0 Å². The van der Waals surface area contributed by atoms with Crippen LogP contribution in [0.5, 0.6) is 0 Å². The van der Waals surface area contributed by atoms with E-state index in [0.29, 0.717) is 11.8 Å². The molecule has 0 amide bonds. The van der Waals surface area contributed by atoms with Gasteiger partial charge in [-0.2, -0.15) is 0 Å². The van der Waals surface area contributed by atoms with Gasteiger partial charge in [0, 0.05) is 0 Å². The maximum Gasteiger partial charge on any atom is 0.319 e. The second kappa shape index (κ2) is 5.73. The first-order chi connectivity index (χ1) is 10.2. The Morgan fingerprint density at radius 3 is 2.90 bits per heavy atom. The number of carbonyl (C=O) groups excluding carboxylic acids is 1. The van der Waals surface area contributed by atoms with Gasteiger partial charge in [-0.3, -0.25) is 9.20 Å². The van der Waals surface area contributed by atoms with Gasteiger partial charge in [-0.25, -0.2) is 0 Å². The maximum atomic E-state index is 11.8. The van der Waals surface area contributed by atoms with Crippen molar-refractivity contribution in [3.05, 3.63) is 36.4 Å². The van der Waals surface area contributed by atoms with Crippen LogP contribution in [0.25, 0.3) is 16.6 Å². The Kier molecular flexibility index (Phi) is 3.79. The third-order valence-corrected chi connectivity index (χ3v) is 4.17. The lowest BCUT2D eigenvalue weighted by molar-refractivity contribution is -0.142. The zero-order valence-corrected chi connectivity index (χ0v) is 12.6. The van der Waals surface area contributed by atoms with Crippen molar-refractivity contribution in [2.75, 3.05) is 6.61 Å². The van der Waals surface area contributed by atoms with Crippen LogP contribution in [0.15, 0.2) is 41.6 Å². The van der Waals surface area contributed by atoms with E-state index in [-0.39, 0.29) is 11.2 Å². The first-order valence-electron chi connectivity index (χ1n) is 6.77. The van der Waals surface area contributed by atoms with E-state index < -0.39 is 0 Å². The Hall–Kier alpha value is -2.08. The van der Waals surface area contributed by atoms with Gasteiger partial charge in [-0.05, 0) is 37.4 Å². The molecule has 0 fully saturated rings. The van der Waals surface area contributed by atoms with E-state index in [1.165, 1.54) is 11.8 Å². The Morgan fingerprint density at radius 2 is 2.10 bits per heavy atom. The molecule has 2 aromatic heterocycles. The molecule has 0 saturated heterocycles. The third kappa shape index (κ3) is 2.58. The van der Waals surface area contributed by atoms with Gasteiger partial charge in [-0.1, -0.05) is 30.0 Å². The van der Waals surface area contributed by atoms with Crippen molar-refractivity contribution in [3.63, 3.8) is 0 Å². The molecule has 2 heterocycles.